The molecule has 4 aromatic rings. The van der Waals surface area contributed by atoms with Gasteiger partial charge in [-0.1, -0.05) is 6.07 Å². The third-order valence-corrected chi connectivity index (χ3v) is 7.84. The Labute approximate surface area is 220 Å². The first kappa shape index (κ1) is 23.9. The largest absolute Gasteiger partial charge is 0.378 e. The van der Waals surface area contributed by atoms with Crippen LogP contribution in [0.5, 0.6) is 0 Å². The van der Waals surface area contributed by atoms with E-state index in [0.29, 0.717) is 18.7 Å². The topological polar surface area (TPSA) is 66.4 Å². The first-order chi connectivity index (χ1) is 18.2. The molecule has 7 nitrogen and oxygen atoms in total. The molecule has 1 aromatic carbocycles. The van der Waals surface area contributed by atoms with Crippen molar-refractivity contribution in [1.82, 2.24) is 15.0 Å². The van der Waals surface area contributed by atoms with Gasteiger partial charge in [-0.2, -0.15) is 11.8 Å². The number of hydrogen-bond donors (Lipinski definition) is 1. The fourth-order valence-electron chi connectivity index (χ4n) is 4.94. The summed E-state index contributed by atoms with van der Waals surface area (Å²) in [4.78, 5) is 18.9. The van der Waals surface area contributed by atoms with E-state index in [4.69, 9.17) is 14.7 Å². The summed E-state index contributed by atoms with van der Waals surface area (Å²) in [6.07, 6.45) is 3.73. The van der Waals surface area contributed by atoms with Gasteiger partial charge in [-0.05, 0) is 37.3 Å². The van der Waals surface area contributed by atoms with E-state index in [0.717, 1.165) is 82.9 Å². The molecule has 2 fully saturated rings. The Balaban J connectivity index is 1.49. The number of halogens is 1. The fourth-order valence-corrected chi connectivity index (χ4v) is 5.84. The van der Waals surface area contributed by atoms with Crippen LogP contribution in [0.25, 0.3) is 22.3 Å². The van der Waals surface area contributed by atoms with Crippen molar-refractivity contribution in [1.29, 1.82) is 0 Å². The number of hydrogen-bond acceptors (Lipinski definition) is 8. The van der Waals surface area contributed by atoms with Gasteiger partial charge < -0.3 is 19.9 Å². The molecule has 0 spiro atoms. The SMILES string of the molecule is Cc1c(-c2ccccn2)nc2cc(F)ccc2c1Nc1cc(N2CCSCC2)cnc1N1CCOCC1. The zero-order valence-electron chi connectivity index (χ0n) is 20.8. The molecule has 2 aliphatic heterocycles. The summed E-state index contributed by atoms with van der Waals surface area (Å²) in [5.41, 5.74) is 5.92. The lowest BCUT2D eigenvalue weighted by Crippen LogP contribution is -2.37. The zero-order chi connectivity index (χ0) is 25.2. The Kier molecular flexibility index (Phi) is 6.80. The van der Waals surface area contributed by atoms with Gasteiger partial charge in [-0.25, -0.2) is 14.4 Å². The molecule has 190 valence electrons. The highest BCUT2D eigenvalue weighted by atomic mass is 32.2. The Hall–Kier alpha value is -3.43. The Morgan fingerprint density at radius 1 is 0.973 bits per heavy atom. The maximum atomic E-state index is 14.3. The van der Waals surface area contributed by atoms with E-state index >= 15 is 0 Å². The van der Waals surface area contributed by atoms with Crippen LogP contribution in [-0.4, -0.2) is 65.9 Å². The van der Waals surface area contributed by atoms with Crippen molar-refractivity contribution in [3.63, 3.8) is 0 Å². The number of rotatable bonds is 5. The van der Waals surface area contributed by atoms with Crippen molar-refractivity contribution in [2.45, 2.75) is 6.92 Å². The van der Waals surface area contributed by atoms with Crippen molar-refractivity contribution in [2.75, 3.05) is 66.0 Å². The van der Waals surface area contributed by atoms with E-state index in [1.165, 1.54) is 12.1 Å². The average molecular weight is 517 g/mol. The minimum absolute atomic E-state index is 0.317. The maximum absolute atomic E-state index is 14.3. The molecule has 6 rings (SSSR count). The van der Waals surface area contributed by atoms with E-state index in [2.05, 4.69) is 26.2 Å². The first-order valence-electron chi connectivity index (χ1n) is 12.6. The number of nitrogens with one attached hydrogen (secondary N) is 1. The summed E-state index contributed by atoms with van der Waals surface area (Å²) in [6.45, 7) is 6.95. The van der Waals surface area contributed by atoms with E-state index < -0.39 is 0 Å². The van der Waals surface area contributed by atoms with Gasteiger partial charge in [-0.3, -0.25) is 4.98 Å². The van der Waals surface area contributed by atoms with Crippen molar-refractivity contribution in [3.05, 3.63) is 66.2 Å². The Morgan fingerprint density at radius 3 is 2.59 bits per heavy atom. The van der Waals surface area contributed by atoms with Crippen LogP contribution in [0.15, 0.2) is 54.9 Å². The van der Waals surface area contributed by atoms with Gasteiger partial charge in [-0.15, -0.1) is 0 Å². The second kappa shape index (κ2) is 10.5. The highest BCUT2D eigenvalue weighted by Crippen LogP contribution is 2.38. The molecular weight excluding hydrogens is 487 g/mol. The number of thioether (sulfide) groups is 1. The van der Waals surface area contributed by atoms with Crippen molar-refractivity contribution in [2.24, 2.45) is 0 Å². The summed E-state index contributed by atoms with van der Waals surface area (Å²) < 4.78 is 19.9. The highest BCUT2D eigenvalue weighted by Gasteiger charge is 2.22. The average Bonchev–Trinajstić information content (AvgIpc) is 2.95. The Morgan fingerprint density at radius 2 is 1.81 bits per heavy atom. The third-order valence-electron chi connectivity index (χ3n) is 6.90. The molecule has 0 bridgehead atoms. The lowest BCUT2D eigenvalue weighted by atomic mass is 10.0. The van der Waals surface area contributed by atoms with Crippen LogP contribution in [0.2, 0.25) is 0 Å². The smallest absolute Gasteiger partial charge is 0.152 e. The van der Waals surface area contributed by atoms with Crippen LogP contribution in [0.4, 0.5) is 27.3 Å². The summed E-state index contributed by atoms with van der Waals surface area (Å²) in [5, 5.41) is 4.58. The lowest BCUT2D eigenvalue weighted by molar-refractivity contribution is 0.122. The molecule has 37 heavy (non-hydrogen) atoms. The molecular formula is C28H29FN6OS. The van der Waals surface area contributed by atoms with Crippen molar-refractivity contribution in [3.8, 4) is 11.4 Å². The molecule has 0 unspecified atom stereocenters. The molecule has 2 saturated heterocycles. The number of pyridine rings is 3. The van der Waals surface area contributed by atoms with Crippen LogP contribution in [-0.2, 0) is 4.74 Å². The molecule has 3 aromatic heterocycles. The van der Waals surface area contributed by atoms with E-state index in [9.17, 15) is 4.39 Å². The van der Waals surface area contributed by atoms with Crippen molar-refractivity contribution >= 4 is 45.5 Å². The molecule has 0 amide bonds. The lowest BCUT2D eigenvalue weighted by Gasteiger charge is -2.32. The predicted molar refractivity (Wildman–Crippen MR) is 150 cm³/mol. The molecule has 0 aliphatic carbocycles. The molecule has 9 heteroatoms. The van der Waals surface area contributed by atoms with Crippen LogP contribution in [0.3, 0.4) is 0 Å². The second-order valence-electron chi connectivity index (χ2n) is 9.23. The monoisotopic (exact) mass is 516 g/mol. The first-order valence-corrected chi connectivity index (χ1v) is 13.8. The number of fused-ring (bicyclic) bond motifs is 1. The maximum Gasteiger partial charge on any atom is 0.152 e. The fraction of sp³-hybridized carbons (Fsp3) is 0.321. The van der Waals surface area contributed by atoms with E-state index in [1.807, 2.05) is 43.1 Å². The van der Waals surface area contributed by atoms with Gasteiger partial charge in [0.2, 0.25) is 0 Å². The van der Waals surface area contributed by atoms with Gasteiger partial charge in [0.15, 0.2) is 5.82 Å². The van der Waals surface area contributed by atoms with Gasteiger partial charge >= 0.3 is 0 Å². The van der Waals surface area contributed by atoms with Crippen LogP contribution in [0, 0.1) is 12.7 Å². The normalized spacial score (nSPS) is 16.3. The highest BCUT2D eigenvalue weighted by molar-refractivity contribution is 7.99. The number of ether oxygens (including phenoxy) is 1. The number of aromatic nitrogens is 3. The third kappa shape index (κ3) is 4.93. The minimum Gasteiger partial charge on any atom is -0.378 e. The van der Waals surface area contributed by atoms with Crippen molar-refractivity contribution < 1.29 is 9.13 Å². The molecule has 0 atom stereocenters. The predicted octanol–water partition coefficient (Wildman–Crippen LogP) is 5.27. The van der Waals surface area contributed by atoms with Gasteiger partial charge in [0.05, 0.1) is 53.4 Å². The standard InChI is InChI=1S/C28H29FN6OS/c1-19-26(22-6-5-20(29)16-24(22)32-27(19)23-4-2-3-7-30-23)33-25-17-21(34-10-14-37-15-11-34)18-31-28(25)35-8-12-36-13-9-35/h2-7,16-18H,8-15H2,1H3,(H,32,33). The number of morpholine rings is 1. The summed E-state index contributed by atoms with van der Waals surface area (Å²) >= 11 is 1.99. The molecule has 0 saturated carbocycles. The summed E-state index contributed by atoms with van der Waals surface area (Å²) in [5.74, 6) is 2.80. The molecule has 0 radical (unpaired) electrons. The minimum atomic E-state index is -0.317. The summed E-state index contributed by atoms with van der Waals surface area (Å²) in [6, 6.07) is 12.7. The second-order valence-corrected chi connectivity index (χ2v) is 10.5. The van der Waals surface area contributed by atoms with E-state index in [-0.39, 0.29) is 5.82 Å². The molecule has 1 N–H and O–H groups in total. The van der Waals surface area contributed by atoms with Gasteiger partial charge in [0.25, 0.3) is 0 Å². The molecule has 2 aliphatic rings. The van der Waals surface area contributed by atoms with Gasteiger partial charge in [0, 0.05) is 60.9 Å². The quantitative estimate of drug-likeness (QED) is 0.385. The molecule has 5 heterocycles. The van der Waals surface area contributed by atoms with Gasteiger partial charge in [0.1, 0.15) is 5.82 Å². The Bertz CT molecular complexity index is 1410. The van der Waals surface area contributed by atoms with Crippen LogP contribution in [0.1, 0.15) is 5.56 Å². The van der Waals surface area contributed by atoms with E-state index in [1.54, 1.807) is 12.3 Å². The zero-order valence-corrected chi connectivity index (χ0v) is 21.6. The van der Waals surface area contributed by atoms with Crippen LogP contribution >= 0.6 is 11.8 Å². The summed E-state index contributed by atoms with van der Waals surface area (Å²) in [7, 11) is 0. The van der Waals surface area contributed by atoms with Crippen LogP contribution < -0.4 is 15.1 Å². The number of nitrogens with zero attached hydrogens (tertiary/aromatic N) is 5. The number of anilines is 4. The number of benzene rings is 1.